The summed E-state index contributed by atoms with van der Waals surface area (Å²) in [5.41, 5.74) is 4.95. The molecule has 1 aromatic heterocycles. The second-order valence-corrected chi connectivity index (χ2v) is 11.0. The van der Waals surface area contributed by atoms with Crippen LogP contribution < -0.4 is 21.0 Å². The van der Waals surface area contributed by atoms with Crippen LogP contribution in [0.4, 0.5) is 5.82 Å². The number of hydrogen-bond donors (Lipinski definition) is 3. The van der Waals surface area contributed by atoms with Gasteiger partial charge in [-0.1, -0.05) is 18.2 Å². The second kappa shape index (κ2) is 10.6. The fourth-order valence-corrected chi connectivity index (χ4v) is 5.74. The number of ether oxygens (including phenoxy) is 1. The number of carbonyl (C=O) groups is 1. The minimum atomic E-state index is -4.05. The van der Waals surface area contributed by atoms with E-state index < -0.39 is 42.7 Å². The van der Waals surface area contributed by atoms with E-state index in [1.165, 1.54) is 42.4 Å². The summed E-state index contributed by atoms with van der Waals surface area (Å²) in [5, 5.41) is 13.7. The highest BCUT2D eigenvalue weighted by Gasteiger charge is 2.54. The van der Waals surface area contributed by atoms with Gasteiger partial charge in [-0.3, -0.25) is 13.9 Å². The molecule has 0 amide bonds. The molecule has 6 atom stereocenters. The number of para-hydroxylation sites is 1. The highest BCUT2D eigenvalue weighted by atomic mass is 32.2. The lowest BCUT2D eigenvalue weighted by Crippen LogP contribution is -2.44. The number of aliphatic hydroxyl groups is 1. The number of aromatic nitrogens is 2. The zero-order valence-electron chi connectivity index (χ0n) is 19.3. The number of rotatable bonds is 10. The molecule has 186 valence electrons. The molecule has 0 radical (unpaired) electrons. The van der Waals surface area contributed by atoms with E-state index in [-0.39, 0.29) is 24.0 Å². The Morgan fingerprint density at radius 2 is 2.09 bits per heavy atom. The van der Waals surface area contributed by atoms with E-state index >= 15 is 0 Å². The Bertz CT molecular complexity index is 1120. The SMILES string of the molecule is CS[C@]1(C)[C@H](O)[C@@H](COP(=O)(N[C@@H](C)C(C)=O)Oc2ccccc2)O[C@H]1n1ccc(N)nc1=O. The van der Waals surface area contributed by atoms with Crippen molar-refractivity contribution in [3.8, 4) is 5.75 Å². The predicted octanol–water partition coefficient (Wildman–Crippen LogP) is 1.98. The van der Waals surface area contributed by atoms with Gasteiger partial charge in [-0.25, -0.2) is 14.4 Å². The smallest absolute Gasteiger partial charge is 0.413 e. The normalized spacial score (nSPS) is 27.1. The summed E-state index contributed by atoms with van der Waals surface area (Å²) in [4.78, 5) is 27.9. The maximum atomic E-state index is 13.5. The van der Waals surface area contributed by atoms with E-state index in [9.17, 15) is 19.3 Å². The van der Waals surface area contributed by atoms with Gasteiger partial charge in [0.25, 0.3) is 0 Å². The van der Waals surface area contributed by atoms with Crippen LogP contribution >= 0.6 is 19.5 Å². The number of benzene rings is 1. The molecule has 2 heterocycles. The molecule has 3 rings (SSSR count). The molecule has 1 aliphatic rings. The first-order valence-electron chi connectivity index (χ1n) is 10.5. The van der Waals surface area contributed by atoms with Crippen molar-refractivity contribution >= 4 is 31.1 Å². The van der Waals surface area contributed by atoms with Crippen molar-refractivity contribution < 1.29 is 28.3 Å². The van der Waals surface area contributed by atoms with Gasteiger partial charge < -0.3 is 20.1 Å². The lowest BCUT2D eigenvalue weighted by Gasteiger charge is -2.31. The molecule has 0 saturated carbocycles. The van der Waals surface area contributed by atoms with Crippen molar-refractivity contribution in [1.29, 1.82) is 0 Å². The molecule has 1 fully saturated rings. The van der Waals surface area contributed by atoms with Crippen LogP contribution in [0.25, 0.3) is 0 Å². The fraction of sp³-hybridized carbons (Fsp3) is 0.476. The zero-order valence-corrected chi connectivity index (χ0v) is 21.0. The van der Waals surface area contributed by atoms with Gasteiger partial charge in [-0.15, -0.1) is 0 Å². The molecular formula is C21H29N4O7PS. The van der Waals surface area contributed by atoms with Crippen molar-refractivity contribution in [3.05, 3.63) is 53.1 Å². The molecule has 4 N–H and O–H groups in total. The van der Waals surface area contributed by atoms with Crippen molar-refractivity contribution in [3.63, 3.8) is 0 Å². The number of hydrogen-bond acceptors (Lipinski definition) is 10. The first-order chi connectivity index (χ1) is 16.0. The van der Waals surface area contributed by atoms with Gasteiger partial charge in [-0.05, 0) is 45.2 Å². The van der Waals surface area contributed by atoms with E-state index in [2.05, 4.69) is 10.1 Å². The Hall–Kier alpha value is -2.21. The van der Waals surface area contributed by atoms with E-state index in [4.69, 9.17) is 19.5 Å². The van der Waals surface area contributed by atoms with Crippen LogP contribution in [0.15, 0.2) is 47.4 Å². The Kier molecular flexibility index (Phi) is 8.22. The predicted molar refractivity (Wildman–Crippen MR) is 129 cm³/mol. The van der Waals surface area contributed by atoms with Gasteiger partial charge in [-0.2, -0.15) is 16.7 Å². The Morgan fingerprint density at radius 3 is 2.68 bits per heavy atom. The first kappa shape index (κ1) is 26.4. The molecule has 34 heavy (non-hydrogen) atoms. The summed E-state index contributed by atoms with van der Waals surface area (Å²) in [6.07, 6.45) is 0.254. The van der Waals surface area contributed by atoms with Gasteiger partial charge in [0, 0.05) is 6.20 Å². The zero-order chi connectivity index (χ0) is 25.1. The summed E-state index contributed by atoms with van der Waals surface area (Å²) in [5.74, 6) is 0.0754. The number of aliphatic hydroxyl groups excluding tert-OH is 1. The topological polar surface area (TPSA) is 155 Å². The van der Waals surface area contributed by atoms with Crippen LogP contribution in [0, 0.1) is 0 Å². The number of ketones is 1. The molecule has 1 unspecified atom stereocenters. The minimum absolute atomic E-state index is 0.0650. The third-order valence-electron chi connectivity index (χ3n) is 5.62. The molecule has 1 saturated heterocycles. The lowest BCUT2D eigenvalue weighted by atomic mass is 10.0. The number of carbonyl (C=O) groups excluding carboxylic acids is 1. The van der Waals surface area contributed by atoms with Gasteiger partial charge >= 0.3 is 13.4 Å². The third kappa shape index (κ3) is 5.70. The van der Waals surface area contributed by atoms with Crippen molar-refractivity contribution in [2.45, 2.75) is 50.0 Å². The average molecular weight is 513 g/mol. The number of nitrogens with two attached hydrogens (primary N) is 1. The maximum absolute atomic E-state index is 13.5. The van der Waals surface area contributed by atoms with Crippen molar-refractivity contribution in [2.75, 3.05) is 18.6 Å². The molecule has 1 aromatic carbocycles. The van der Waals surface area contributed by atoms with Crippen LogP contribution in [0.3, 0.4) is 0 Å². The summed E-state index contributed by atoms with van der Waals surface area (Å²) >= 11 is 1.30. The van der Waals surface area contributed by atoms with Crippen LogP contribution in [0.2, 0.25) is 0 Å². The summed E-state index contributed by atoms with van der Waals surface area (Å²) in [7, 11) is -4.05. The Labute approximate surface area is 201 Å². The Balaban J connectivity index is 1.83. The molecule has 11 nitrogen and oxygen atoms in total. The van der Waals surface area contributed by atoms with Crippen LogP contribution in [0.1, 0.15) is 27.0 Å². The number of Topliss-reactive ketones (excluding diaryl/α,β-unsaturated/α-hetero) is 1. The standard InChI is InChI=1S/C21H29N4O7PS/c1-13(14(2)26)24-33(29,32-15-8-6-5-7-9-15)30-12-16-18(27)21(3,34-4)19(31-16)25-11-10-17(22)23-20(25)28/h5-11,13,16,18-19,27H,12H2,1-4H3,(H,24,29)(H2,22,23,28)/t13-,16+,18+,19+,21+,33?/m0/s1. The van der Waals surface area contributed by atoms with Crippen molar-refractivity contribution in [2.24, 2.45) is 0 Å². The Morgan fingerprint density at radius 1 is 1.41 bits per heavy atom. The minimum Gasteiger partial charge on any atom is -0.413 e. The number of nitrogens with zero attached hydrogens (tertiary/aromatic N) is 2. The number of thioether (sulfide) groups is 1. The van der Waals surface area contributed by atoms with Crippen LogP contribution in [-0.2, 0) is 18.6 Å². The largest absolute Gasteiger partial charge is 0.459 e. The molecule has 1 aliphatic heterocycles. The molecule has 0 aliphatic carbocycles. The van der Waals surface area contributed by atoms with E-state index in [0.717, 1.165) is 0 Å². The summed E-state index contributed by atoms with van der Waals surface area (Å²) in [6, 6.07) is 9.00. The van der Waals surface area contributed by atoms with E-state index in [0.29, 0.717) is 0 Å². The van der Waals surface area contributed by atoms with Gasteiger partial charge in [0.05, 0.1) is 17.4 Å². The fourth-order valence-electron chi connectivity index (χ4n) is 3.40. The summed E-state index contributed by atoms with van der Waals surface area (Å²) < 4.78 is 31.0. The third-order valence-corrected chi connectivity index (χ3v) is 8.58. The van der Waals surface area contributed by atoms with Crippen LogP contribution in [-0.4, -0.2) is 56.3 Å². The van der Waals surface area contributed by atoms with E-state index in [1.54, 1.807) is 43.5 Å². The average Bonchev–Trinajstić information content (AvgIpc) is 3.04. The molecule has 13 heteroatoms. The monoisotopic (exact) mass is 512 g/mol. The van der Waals surface area contributed by atoms with Crippen molar-refractivity contribution in [1.82, 2.24) is 14.6 Å². The molecular weight excluding hydrogens is 483 g/mol. The van der Waals surface area contributed by atoms with E-state index in [1.807, 2.05) is 0 Å². The van der Waals surface area contributed by atoms with Gasteiger partial charge in [0.1, 0.15) is 29.6 Å². The first-order valence-corrected chi connectivity index (χ1v) is 13.3. The number of anilines is 1. The highest BCUT2D eigenvalue weighted by molar-refractivity contribution is 8.00. The molecule has 0 bridgehead atoms. The highest BCUT2D eigenvalue weighted by Crippen LogP contribution is 2.49. The summed E-state index contributed by atoms with van der Waals surface area (Å²) in [6.45, 7) is 4.29. The van der Waals surface area contributed by atoms with Crippen LogP contribution in [0.5, 0.6) is 5.75 Å². The molecule has 2 aromatic rings. The lowest BCUT2D eigenvalue weighted by molar-refractivity contribution is -0.118. The quantitative estimate of drug-likeness (QED) is 0.400. The maximum Gasteiger partial charge on any atom is 0.459 e. The molecule has 0 spiro atoms. The van der Waals surface area contributed by atoms with Gasteiger partial charge in [0.15, 0.2) is 6.23 Å². The van der Waals surface area contributed by atoms with Gasteiger partial charge in [0.2, 0.25) is 0 Å². The number of nitrogens with one attached hydrogen (secondary N) is 1. The second-order valence-electron chi connectivity index (χ2n) is 8.06. The number of nitrogen functional groups attached to an aromatic ring is 1.